The predicted molar refractivity (Wildman–Crippen MR) is 73.4 cm³/mol. The Morgan fingerprint density at radius 1 is 0.917 bits per heavy atom. The molecule has 2 saturated heterocycles. The Morgan fingerprint density at radius 2 is 1.58 bits per heavy atom. The summed E-state index contributed by atoms with van der Waals surface area (Å²) in [7, 11) is 1.34. The SMILES string of the molecule is COCC(O)C1OC(O)C(O)C1OC1OC(C(O)CO)C(O)C1O. The van der Waals surface area contributed by atoms with Crippen molar-refractivity contribution in [1.82, 2.24) is 0 Å². The normalized spacial score (nSPS) is 45.5. The van der Waals surface area contributed by atoms with Crippen molar-refractivity contribution in [2.75, 3.05) is 20.3 Å². The number of methoxy groups -OCH3 is 1. The molecule has 7 N–H and O–H groups in total. The van der Waals surface area contributed by atoms with Gasteiger partial charge < -0.3 is 54.7 Å². The van der Waals surface area contributed by atoms with Crippen LogP contribution in [0.3, 0.4) is 0 Å². The van der Waals surface area contributed by atoms with Gasteiger partial charge in [0.15, 0.2) is 12.6 Å². The summed E-state index contributed by atoms with van der Waals surface area (Å²) in [6.07, 6.45) is -14.2. The summed E-state index contributed by atoms with van der Waals surface area (Å²) in [5.74, 6) is 0. The van der Waals surface area contributed by atoms with Gasteiger partial charge in [-0.1, -0.05) is 0 Å². The van der Waals surface area contributed by atoms with Crippen LogP contribution in [-0.4, -0.2) is 117 Å². The molecular formula is C13H24O11. The second kappa shape index (κ2) is 8.29. The lowest BCUT2D eigenvalue weighted by Gasteiger charge is -2.27. The van der Waals surface area contributed by atoms with E-state index in [9.17, 15) is 30.6 Å². The fourth-order valence-corrected chi connectivity index (χ4v) is 2.77. The first-order valence-corrected chi connectivity index (χ1v) is 7.46. The van der Waals surface area contributed by atoms with Crippen molar-refractivity contribution >= 4 is 0 Å². The zero-order valence-electron chi connectivity index (χ0n) is 13.0. The molecule has 2 rings (SSSR count). The Bertz CT molecular complexity index is 396. The molecule has 2 aliphatic heterocycles. The number of aliphatic hydroxyl groups excluding tert-OH is 7. The molecule has 0 amide bonds. The molecule has 0 aromatic heterocycles. The molecule has 0 spiro atoms. The molecule has 2 fully saturated rings. The Labute approximate surface area is 137 Å². The summed E-state index contributed by atoms with van der Waals surface area (Å²) in [6.45, 7) is -0.864. The molecule has 2 heterocycles. The Balaban J connectivity index is 2.07. The summed E-state index contributed by atoms with van der Waals surface area (Å²) < 4.78 is 20.4. The van der Waals surface area contributed by atoms with Crippen LogP contribution < -0.4 is 0 Å². The first kappa shape index (κ1) is 19.9. The van der Waals surface area contributed by atoms with E-state index in [0.717, 1.165) is 0 Å². The zero-order chi connectivity index (χ0) is 18.0. The van der Waals surface area contributed by atoms with Gasteiger partial charge >= 0.3 is 0 Å². The van der Waals surface area contributed by atoms with Gasteiger partial charge in [-0.05, 0) is 0 Å². The predicted octanol–water partition coefficient (Wildman–Crippen LogP) is -4.74. The highest BCUT2D eigenvalue weighted by molar-refractivity contribution is 4.95. The third-order valence-corrected chi connectivity index (χ3v) is 4.08. The summed E-state index contributed by atoms with van der Waals surface area (Å²) >= 11 is 0. The minimum Gasteiger partial charge on any atom is -0.394 e. The van der Waals surface area contributed by atoms with Crippen LogP contribution >= 0.6 is 0 Å². The largest absolute Gasteiger partial charge is 0.394 e. The van der Waals surface area contributed by atoms with Gasteiger partial charge in [0, 0.05) is 7.11 Å². The quantitative estimate of drug-likeness (QED) is 0.233. The lowest BCUT2D eigenvalue weighted by atomic mass is 10.0. The summed E-state index contributed by atoms with van der Waals surface area (Å²) in [5, 5.41) is 67.7. The number of hydrogen-bond acceptors (Lipinski definition) is 11. The monoisotopic (exact) mass is 356 g/mol. The van der Waals surface area contributed by atoms with Crippen molar-refractivity contribution in [3.63, 3.8) is 0 Å². The highest BCUT2D eigenvalue weighted by Gasteiger charge is 2.52. The Morgan fingerprint density at radius 3 is 2.17 bits per heavy atom. The molecule has 10 atom stereocenters. The Kier molecular flexibility index (Phi) is 6.87. The van der Waals surface area contributed by atoms with Crippen LogP contribution in [-0.2, 0) is 18.9 Å². The van der Waals surface area contributed by atoms with Crippen LogP contribution in [0.4, 0.5) is 0 Å². The van der Waals surface area contributed by atoms with Gasteiger partial charge in [-0.3, -0.25) is 0 Å². The number of rotatable bonds is 7. The molecule has 11 nitrogen and oxygen atoms in total. The maximum Gasteiger partial charge on any atom is 0.187 e. The number of aliphatic hydroxyl groups is 7. The van der Waals surface area contributed by atoms with E-state index >= 15 is 0 Å². The highest BCUT2D eigenvalue weighted by atomic mass is 16.7. The minimum atomic E-state index is -1.63. The minimum absolute atomic E-state index is 0.160. The summed E-state index contributed by atoms with van der Waals surface area (Å²) in [4.78, 5) is 0. The van der Waals surface area contributed by atoms with Gasteiger partial charge in [-0.15, -0.1) is 0 Å². The third-order valence-electron chi connectivity index (χ3n) is 4.08. The molecule has 24 heavy (non-hydrogen) atoms. The fourth-order valence-electron chi connectivity index (χ4n) is 2.77. The second-order valence-electron chi connectivity index (χ2n) is 5.81. The van der Waals surface area contributed by atoms with E-state index in [0.29, 0.717) is 0 Å². The van der Waals surface area contributed by atoms with Crippen LogP contribution in [0.5, 0.6) is 0 Å². The zero-order valence-corrected chi connectivity index (χ0v) is 13.0. The summed E-state index contributed by atoms with van der Waals surface area (Å²) in [5.41, 5.74) is 0. The fraction of sp³-hybridized carbons (Fsp3) is 1.00. The number of ether oxygens (including phenoxy) is 4. The van der Waals surface area contributed by atoms with Crippen LogP contribution in [0.15, 0.2) is 0 Å². The summed E-state index contributed by atoms with van der Waals surface area (Å²) in [6, 6.07) is 0. The van der Waals surface area contributed by atoms with Crippen LogP contribution in [0.1, 0.15) is 0 Å². The smallest absolute Gasteiger partial charge is 0.187 e. The van der Waals surface area contributed by atoms with Gasteiger partial charge in [0.25, 0.3) is 0 Å². The van der Waals surface area contributed by atoms with Gasteiger partial charge in [0.05, 0.1) is 13.2 Å². The molecule has 0 aliphatic carbocycles. The Hall–Kier alpha value is -0.440. The molecule has 2 aliphatic rings. The topological polar surface area (TPSA) is 179 Å². The van der Waals surface area contributed by atoms with Crippen molar-refractivity contribution in [3.8, 4) is 0 Å². The van der Waals surface area contributed by atoms with Crippen molar-refractivity contribution in [2.24, 2.45) is 0 Å². The second-order valence-corrected chi connectivity index (χ2v) is 5.81. The average molecular weight is 356 g/mol. The molecule has 0 bridgehead atoms. The average Bonchev–Trinajstić information content (AvgIpc) is 3.00. The van der Waals surface area contributed by atoms with Crippen LogP contribution in [0, 0.1) is 0 Å². The highest BCUT2D eigenvalue weighted by Crippen LogP contribution is 2.31. The van der Waals surface area contributed by atoms with Crippen molar-refractivity contribution < 1.29 is 54.7 Å². The lowest BCUT2D eigenvalue weighted by molar-refractivity contribution is -0.226. The first-order valence-electron chi connectivity index (χ1n) is 7.46. The molecule has 142 valence electrons. The van der Waals surface area contributed by atoms with E-state index in [2.05, 4.69) is 0 Å². The molecule has 0 aromatic carbocycles. The van der Waals surface area contributed by atoms with Crippen molar-refractivity contribution in [2.45, 2.75) is 61.4 Å². The van der Waals surface area contributed by atoms with Gasteiger partial charge in [0.1, 0.15) is 48.8 Å². The van der Waals surface area contributed by atoms with E-state index in [4.69, 9.17) is 24.1 Å². The van der Waals surface area contributed by atoms with Gasteiger partial charge in [-0.2, -0.15) is 0 Å². The maximum atomic E-state index is 9.95. The van der Waals surface area contributed by atoms with Crippen molar-refractivity contribution in [3.05, 3.63) is 0 Å². The third kappa shape index (κ3) is 3.86. The number of hydrogen-bond donors (Lipinski definition) is 7. The van der Waals surface area contributed by atoms with E-state index < -0.39 is 68.0 Å². The van der Waals surface area contributed by atoms with Crippen molar-refractivity contribution in [1.29, 1.82) is 0 Å². The first-order chi connectivity index (χ1) is 11.3. The van der Waals surface area contributed by atoms with E-state index in [1.807, 2.05) is 0 Å². The lowest BCUT2D eigenvalue weighted by Crippen LogP contribution is -2.46. The molecule has 0 saturated carbocycles. The van der Waals surface area contributed by atoms with E-state index in [-0.39, 0.29) is 6.61 Å². The van der Waals surface area contributed by atoms with E-state index in [1.54, 1.807) is 0 Å². The molecule has 0 radical (unpaired) electrons. The van der Waals surface area contributed by atoms with Gasteiger partial charge in [0.2, 0.25) is 0 Å². The molecular weight excluding hydrogens is 332 g/mol. The maximum absolute atomic E-state index is 9.95. The molecule has 0 aromatic rings. The molecule has 10 unspecified atom stereocenters. The van der Waals surface area contributed by atoms with Crippen LogP contribution in [0.2, 0.25) is 0 Å². The standard InChI is InChI=1S/C13H24O11/c1-21-3-5(16)10-11(8(19)12(20)22-10)24-13-7(18)6(17)9(23-13)4(15)2-14/h4-20H,2-3H2,1H3. The van der Waals surface area contributed by atoms with Gasteiger partial charge in [-0.25, -0.2) is 0 Å². The van der Waals surface area contributed by atoms with Crippen LogP contribution in [0.25, 0.3) is 0 Å². The van der Waals surface area contributed by atoms with E-state index in [1.165, 1.54) is 7.11 Å². The molecule has 11 heteroatoms.